The van der Waals surface area contributed by atoms with E-state index in [1.807, 2.05) is 7.05 Å². The van der Waals surface area contributed by atoms with Crippen LogP contribution in [-0.2, 0) is 13.0 Å². The molecule has 0 spiro atoms. The fourth-order valence-electron chi connectivity index (χ4n) is 2.22. The summed E-state index contributed by atoms with van der Waals surface area (Å²) in [5.41, 5.74) is 0. The Morgan fingerprint density at radius 1 is 1.25 bits per heavy atom. The van der Waals surface area contributed by atoms with Crippen molar-refractivity contribution in [1.29, 1.82) is 0 Å². The Bertz CT molecular complexity index is 614. The molecule has 0 saturated heterocycles. The van der Waals surface area contributed by atoms with Gasteiger partial charge in [-0.15, -0.1) is 10.2 Å². The second kappa shape index (κ2) is 6.09. The highest BCUT2D eigenvalue weighted by atomic mass is 79.9. The van der Waals surface area contributed by atoms with E-state index in [4.69, 9.17) is 0 Å². The van der Waals surface area contributed by atoms with Crippen LogP contribution in [0.25, 0.3) is 0 Å². The minimum Gasteiger partial charge on any atom is -0.372 e. The minimum atomic E-state index is 0.776. The monoisotopic (exact) mass is 354 g/mol. The third kappa shape index (κ3) is 2.67. The number of hydrogen-bond donors (Lipinski definition) is 1. The molecule has 0 aliphatic carbocycles. The van der Waals surface area contributed by atoms with Gasteiger partial charge in [0, 0.05) is 20.0 Å². The number of nitrogens with zero attached hydrogens (tertiary/aromatic N) is 5. The number of nitrogens with one attached hydrogen (secondary N) is 1. The van der Waals surface area contributed by atoms with Gasteiger partial charge in [-0.05, 0) is 40.5 Å². The van der Waals surface area contributed by atoms with Crippen molar-refractivity contribution in [1.82, 2.24) is 24.7 Å². The number of rotatable bonds is 3. The van der Waals surface area contributed by atoms with Crippen molar-refractivity contribution in [2.75, 3.05) is 12.4 Å². The highest BCUT2D eigenvalue weighted by Gasteiger charge is 2.18. The van der Waals surface area contributed by atoms with Gasteiger partial charge in [-0.1, -0.05) is 6.42 Å². The predicted molar refractivity (Wildman–Crippen MR) is 81.0 cm³/mol. The second-order valence-electron chi connectivity index (χ2n) is 4.55. The predicted octanol–water partition coefficient (Wildman–Crippen LogP) is 2.75. The first kappa shape index (κ1) is 13.8. The van der Waals surface area contributed by atoms with Crippen molar-refractivity contribution in [3.05, 3.63) is 16.6 Å². The standard InChI is InChI=1S/C12H15BrN6S/c1-14-10-9(13)11(16-7-15-10)20-12-18-17-8-5-3-2-4-6-19(8)12/h7H,2-6H2,1H3,(H,14,15,16). The van der Waals surface area contributed by atoms with Gasteiger partial charge in [-0.25, -0.2) is 9.97 Å². The summed E-state index contributed by atoms with van der Waals surface area (Å²) in [4.78, 5) is 8.48. The minimum absolute atomic E-state index is 0.776. The molecule has 3 rings (SSSR count). The first-order valence-electron chi connectivity index (χ1n) is 6.58. The van der Waals surface area contributed by atoms with Gasteiger partial charge >= 0.3 is 0 Å². The maximum atomic E-state index is 4.32. The molecule has 106 valence electrons. The Labute approximate surface area is 129 Å². The summed E-state index contributed by atoms with van der Waals surface area (Å²) in [6.45, 7) is 0.992. The van der Waals surface area contributed by atoms with Crippen LogP contribution in [0.1, 0.15) is 25.1 Å². The third-order valence-electron chi connectivity index (χ3n) is 3.26. The molecule has 2 aromatic heterocycles. The molecule has 0 bridgehead atoms. The van der Waals surface area contributed by atoms with E-state index in [9.17, 15) is 0 Å². The summed E-state index contributed by atoms with van der Waals surface area (Å²) in [6.07, 6.45) is 6.21. The summed E-state index contributed by atoms with van der Waals surface area (Å²) < 4.78 is 3.07. The zero-order chi connectivity index (χ0) is 13.9. The molecule has 0 atom stereocenters. The lowest BCUT2D eigenvalue weighted by molar-refractivity contribution is 0.590. The molecule has 3 heterocycles. The van der Waals surface area contributed by atoms with Crippen LogP contribution in [-0.4, -0.2) is 31.8 Å². The topological polar surface area (TPSA) is 68.5 Å². The van der Waals surface area contributed by atoms with Crippen molar-refractivity contribution in [3.63, 3.8) is 0 Å². The largest absolute Gasteiger partial charge is 0.372 e. The lowest BCUT2D eigenvalue weighted by Crippen LogP contribution is -2.03. The maximum Gasteiger partial charge on any atom is 0.197 e. The Kier molecular flexibility index (Phi) is 4.21. The molecule has 8 heteroatoms. The fraction of sp³-hybridized carbons (Fsp3) is 0.500. The van der Waals surface area contributed by atoms with E-state index in [0.717, 1.165) is 39.3 Å². The van der Waals surface area contributed by atoms with Crippen molar-refractivity contribution in [3.8, 4) is 0 Å². The van der Waals surface area contributed by atoms with Crippen LogP contribution >= 0.6 is 27.7 Å². The molecule has 1 N–H and O–H groups in total. The molecule has 0 aromatic carbocycles. The molecule has 0 unspecified atom stereocenters. The number of aryl methyl sites for hydroxylation is 1. The average Bonchev–Trinajstić information content (AvgIpc) is 2.70. The molecular formula is C12H15BrN6S. The van der Waals surface area contributed by atoms with Crippen molar-refractivity contribution < 1.29 is 0 Å². The molecule has 0 radical (unpaired) electrons. The smallest absolute Gasteiger partial charge is 0.197 e. The first-order valence-corrected chi connectivity index (χ1v) is 8.18. The Balaban J connectivity index is 1.90. The van der Waals surface area contributed by atoms with E-state index in [0.29, 0.717) is 0 Å². The Hall–Kier alpha value is -1.15. The van der Waals surface area contributed by atoms with Crippen molar-refractivity contribution in [2.45, 2.75) is 42.4 Å². The molecular weight excluding hydrogens is 340 g/mol. The number of hydrogen-bond acceptors (Lipinski definition) is 6. The molecule has 6 nitrogen and oxygen atoms in total. The van der Waals surface area contributed by atoms with Gasteiger partial charge in [-0.3, -0.25) is 0 Å². The number of halogens is 1. The Morgan fingerprint density at radius 3 is 3.00 bits per heavy atom. The summed E-state index contributed by atoms with van der Waals surface area (Å²) >= 11 is 5.06. The summed E-state index contributed by atoms with van der Waals surface area (Å²) in [7, 11) is 1.84. The van der Waals surface area contributed by atoms with Gasteiger partial charge in [0.25, 0.3) is 0 Å². The van der Waals surface area contributed by atoms with E-state index in [-0.39, 0.29) is 0 Å². The summed E-state index contributed by atoms with van der Waals surface area (Å²) in [6, 6.07) is 0. The van der Waals surface area contributed by atoms with E-state index in [1.165, 1.54) is 31.0 Å². The quantitative estimate of drug-likeness (QED) is 0.854. The van der Waals surface area contributed by atoms with Gasteiger partial charge in [-0.2, -0.15) is 0 Å². The van der Waals surface area contributed by atoms with Gasteiger partial charge < -0.3 is 9.88 Å². The van der Waals surface area contributed by atoms with E-state index < -0.39 is 0 Å². The lowest BCUT2D eigenvalue weighted by atomic mass is 10.2. The molecule has 2 aromatic rings. The van der Waals surface area contributed by atoms with Crippen LogP contribution in [0.15, 0.2) is 21.0 Å². The second-order valence-corrected chi connectivity index (χ2v) is 6.30. The molecule has 0 saturated carbocycles. The van der Waals surface area contributed by atoms with Crippen LogP contribution in [0.4, 0.5) is 5.82 Å². The summed E-state index contributed by atoms with van der Waals surface area (Å²) in [5, 5.41) is 13.4. The molecule has 20 heavy (non-hydrogen) atoms. The lowest BCUT2D eigenvalue weighted by Gasteiger charge is -2.08. The number of aromatic nitrogens is 5. The summed E-state index contributed by atoms with van der Waals surface area (Å²) in [5.74, 6) is 1.86. The highest BCUT2D eigenvalue weighted by molar-refractivity contribution is 9.10. The van der Waals surface area contributed by atoms with Crippen LogP contribution in [0.5, 0.6) is 0 Å². The fourth-order valence-corrected chi connectivity index (χ4v) is 3.71. The average molecular weight is 355 g/mol. The van der Waals surface area contributed by atoms with E-state index >= 15 is 0 Å². The van der Waals surface area contributed by atoms with Crippen LogP contribution in [0.3, 0.4) is 0 Å². The van der Waals surface area contributed by atoms with E-state index in [1.54, 1.807) is 6.33 Å². The Morgan fingerprint density at radius 2 is 2.15 bits per heavy atom. The molecule has 0 fully saturated rings. The van der Waals surface area contributed by atoms with Gasteiger partial charge in [0.1, 0.15) is 23.0 Å². The van der Waals surface area contributed by atoms with Gasteiger partial charge in [0.05, 0.1) is 4.47 Å². The van der Waals surface area contributed by atoms with E-state index in [2.05, 4.69) is 46.0 Å². The molecule has 0 amide bonds. The molecule has 1 aliphatic heterocycles. The van der Waals surface area contributed by atoms with Gasteiger partial charge in [0.2, 0.25) is 0 Å². The number of fused-ring (bicyclic) bond motifs is 1. The van der Waals surface area contributed by atoms with Gasteiger partial charge in [0.15, 0.2) is 5.16 Å². The van der Waals surface area contributed by atoms with Crippen molar-refractivity contribution in [2.24, 2.45) is 0 Å². The SMILES string of the molecule is CNc1ncnc(Sc2nnc3n2CCCCC3)c1Br. The van der Waals surface area contributed by atoms with Crippen LogP contribution in [0, 0.1) is 0 Å². The first-order chi connectivity index (χ1) is 9.79. The third-order valence-corrected chi connectivity index (χ3v) is 5.26. The molecule has 1 aliphatic rings. The van der Waals surface area contributed by atoms with Crippen LogP contribution in [0.2, 0.25) is 0 Å². The zero-order valence-electron chi connectivity index (χ0n) is 11.1. The maximum absolute atomic E-state index is 4.32. The number of anilines is 1. The highest BCUT2D eigenvalue weighted by Crippen LogP contribution is 2.34. The zero-order valence-corrected chi connectivity index (χ0v) is 13.5. The van der Waals surface area contributed by atoms with Crippen molar-refractivity contribution >= 4 is 33.5 Å². The van der Waals surface area contributed by atoms with Crippen LogP contribution < -0.4 is 5.32 Å². The normalized spacial score (nSPS) is 14.7.